The zero-order valence-electron chi connectivity index (χ0n) is 9.60. The van der Waals surface area contributed by atoms with E-state index in [1.165, 1.54) is 0 Å². The van der Waals surface area contributed by atoms with Gasteiger partial charge in [-0.2, -0.15) is 0 Å². The molecule has 1 amide bonds. The van der Waals surface area contributed by atoms with Crippen molar-refractivity contribution in [1.82, 2.24) is 5.32 Å². The van der Waals surface area contributed by atoms with E-state index >= 15 is 0 Å². The molecule has 0 heterocycles. The van der Waals surface area contributed by atoms with Crippen molar-refractivity contribution >= 4 is 5.91 Å². The van der Waals surface area contributed by atoms with Crippen LogP contribution in [0, 0.1) is 5.92 Å². The summed E-state index contributed by atoms with van der Waals surface area (Å²) in [7, 11) is 0. The first-order chi connectivity index (χ1) is 8.15. The van der Waals surface area contributed by atoms with Crippen LogP contribution in [0.15, 0.2) is 24.3 Å². The minimum Gasteiger partial charge on any atom is -0.508 e. The maximum absolute atomic E-state index is 11.6. The number of aliphatic hydroxyl groups is 1. The van der Waals surface area contributed by atoms with Gasteiger partial charge in [0.15, 0.2) is 0 Å². The van der Waals surface area contributed by atoms with Crippen molar-refractivity contribution in [2.45, 2.75) is 25.4 Å². The number of phenols is 1. The lowest BCUT2D eigenvalue weighted by Crippen LogP contribution is -2.38. The van der Waals surface area contributed by atoms with Crippen LogP contribution in [0.5, 0.6) is 5.75 Å². The predicted octanol–water partition coefficient (Wildman–Crippen LogP) is 0.822. The molecule has 0 unspecified atom stereocenters. The summed E-state index contributed by atoms with van der Waals surface area (Å²) in [5.41, 5.74) is 0.638. The second kappa shape index (κ2) is 5.19. The van der Waals surface area contributed by atoms with Gasteiger partial charge in [0, 0.05) is 12.1 Å². The molecular formula is C13H17NO3. The first-order valence-electron chi connectivity index (χ1n) is 5.87. The smallest absolute Gasteiger partial charge is 0.224 e. The number of phenolic OH excluding ortho intramolecular Hbond substituents is 1. The summed E-state index contributed by atoms with van der Waals surface area (Å²) in [5.74, 6) is 0.466. The molecule has 17 heavy (non-hydrogen) atoms. The number of nitrogens with one attached hydrogen (secondary N) is 1. The van der Waals surface area contributed by atoms with Gasteiger partial charge in [-0.15, -0.1) is 0 Å². The van der Waals surface area contributed by atoms with Gasteiger partial charge < -0.3 is 15.5 Å². The molecule has 1 aromatic carbocycles. The molecule has 0 radical (unpaired) electrons. The summed E-state index contributed by atoms with van der Waals surface area (Å²) in [4.78, 5) is 11.6. The SMILES string of the molecule is O=C(Cc1ccccc1O)NCC1CC(O)C1. The van der Waals surface area contributed by atoms with E-state index in [1.54, 1.807) is 24.3 Å². The van der Waals surface area contributed by atoms with Crippen LogP contribution >= 0.6 is 0 Å². The maximum Gasteiger partial charge on any atom is 0.224 e. The Labute approximate surface area is 100 Å². The van der Waals surface area contributed by atoms with Crippen LogP contribution in [0.1, 0.15) is 18.4 Å². The third kappa shape index (κ3) is 3.20. The van der Waals surface area contributed by atoms with Gasteiger partial charge in [0.1, 0.15) is 5.75 Å². The van der Waals surface area contributed by atoms with Gasteiger partial charge in [-0.05, 0) is 24.8 Å². The molecular weight excluding hydrogens is 218 g/mol. The number of rotatable bonds is 4. The molecule has 0 atom stereocenters. The number of carbonyl (C=O) groups excluding carboxylic acids is 1. The molecule has 1 aliphatic rings. The number of hydrogen-bond acceptors (Lipinski definition) is 3. The molecule has 0 spiro atoms. The number of aliphatic hydroxyl groups excluding tert-OH is 1. The van der Waals surface area contributed by atoms with E-state index in [1.807, 2.05) is 0 Å². The van der Waals surface area contributed by atoms with Crippen molar-refractivity contribution < 1.29 is 15.0 Å². The minimum atomic E-state index is -0.185. The van der Waals surface area contributed by atoms with Crippen LogP contribution in [0.4, 0.5) is 0 Å². The first kappa shape index (κ1) is 11.9. The van der Waals surface area contributed by atoms with Gasteiger partial charge in [0.2, 0.25) is 5.91 Å². The fourth-order valence-corrected chi connectivity index (χ4v) is 2.02. The lowest BCUT2D eigenvalue weighted by atomic mass is 9.82. The van der Waals surface area contributed by atoms with Crippen molar-refractivity contribution in [3.8, 4) is 5.75 Å². The average Bonchev–Trinajstić information content (AvgIpc) is 2.26. The maximum atomic E-state index is 11.6. The van der Waals surface area contributed by atoms with Crippen molar-refractivity contribution in [2.75, 3.05) is 6.54 Å². The molecule has 0 bridgehead atoms. The summed E-state index contributed by atoms with van der Waals surface area (Å²) in [6.45, 7) is 0.615. The highest BCUT2D eigenvalue weighted by Gasteiger charge is 2.27. The summed E-state index contributed by atoms with van der Waals surface area (Å²) < 4.78 is 0. The predicted molar refractivity (Wildman–Crippen MR) is 63.6 cm³/mol. The van der Waals surface area contributed by atoms with E-state index in [4.69, 9.17) is 5.11 Å². The highest BCUT2D eigenvalue weighted by atomic mass is 16.3. The molecule has 1 saturated carbocycles. The van der Waals surface area contributed by atoms with E-state index in [2.05, 4.69) is 5.32 Å². The zero-order chi connectivity index (χ0) is 12.3. The van der Waals surface area contributed by atoms with E-state index in [0.29, 0.717) is 18.0 Å². The van der Waals surface area contributed by atoms with E-state index in [-0.39, 0.29) is 24.2 Å². The largest absolute Gasteiger partial charge is 0.508 e. The number of aromatic hydroxyl groups is 1. The minimum absolute atomic E-state index is 0.0899. The summed E-state index contributed by atoms with van der Waals surface area (Å²) in [6, 6.07) is 6.84. The van der Waals surface area contributed by atoms with Gasteiger partial charge in [-0.3, -0.25) is 4.79 Å². The number of amides is 1. The van der Waals surface area contributed by atoms with Crippen LogP contribution in [0.25, 0.3) is 0 Å². The van der Waals surface area contributed by atoms with E-state index in [9.17, 15) is 9.90 Å². The van der Waals surface area contributed by atoms with E-state index in [0.717, 1.165) is 12.8 Å². The van der Waals surface area contributed by atoms with Crippen molar-refractivity contribution in [3.05, 3.63) is 29.8 Å². The monoisotopic (exact) mass is 235 g/mol. The first-order valence-corrected chi connectivity index (χ1v) is 5.87. The van der Waals surface area contributed by atoms with Crippen LogP contribution in [-0.4, -0.2) is 28.8 Å². The molecule has 1 aliphatic carbocycles. The Balaban J connectivity index is 1.76. The Morgan fingerprint density at radius 3 is 2.71 bits per heavy atom. The molecule has 1 fully saturated rings. The fourth-order valence-electron chi connectivity index (χ4n) is 2.02. The molecule has 0 aliphatic heterocycles. The lowest BCUT2D eigenvalue weighted by molar-refractivity contribution is -0.121. The van der Waals surface area contributed by atoms with Gasteiger partial charge >= 0.3 is 0 Å². The molecule has 1 aromatic rings. The molecule has 0 saturated heterocycles. The molecule has 4 heteroatoms. The topological polar surface area (TPSA) is 69.6 Å². The Hall–Kier alpha value is -1.55. The van der Waals surface area contributed by atoms with Crippen LogP contribution in [-0.2, 0) is 11.2 Å². The zero-order valence-corrected chi connectivity index (χ0v) is 9.60. The Morgan fingerprint density at radius 1 is 1.35 bits per heavy atom. The highest BCUT2D eigenvalue weighted by molar-refractivity contribution is 5.79. The Morgan fingerprint density at radius 2 is 2.06 bits per heavy atom. The number of para-hydroxylation sites is 1. The molecule has 92 valence electrons. The van der Waals surface area contributed by atoms with Gasteiger partial charge in [0.05, 0.1) is 12.5 Å². The third-order valence-electron chi connectivity index (χ3n) is 3.14. The Bertz CT molecular complexity index is 399. The van der Waals surface area contributed by atoms with Crippen LogP contribution in [0.3, 0.4) is 0 Å². The normalized spacial score (nSPS) is 22.9. The van der Waals surface area contributed by atoms with E-state index < -0.39 is 0 Å². The van der Waals surface area contributed by atoms with Gasteiger partial charge in [0.25, 0.3) is 0 Å². The third-order valence-corrected chi connectivity index (χ3v) is 3.14. The van der Waals surface area contributed by atoms with Crippen LogP contribution in [0.2, 0.25) is 0 Å². The quantitative estimate of drug-likeness (QED) is 0.723. The van der Waals surface area contributed by atoms with Crippen molar-refractivity contribution in [1.29, 1.82) is 0 Å². The molecule has 0 aromatic heterocycles. The second-order valence-corrected chi connectivity index (χ2v) is 4.60. The molecule has 4 nitrogen and oxygen atoms in total. The van der Waals surface area contributed by atoms with Crippen molar-refractivity contribution in [2.24, 2.45) is 5.92 Å². The van der Waals surface area contributed by atoms with Gasteiger partial charge in [-0.1, -0.05) is 18.2 Å². The Kier molecular flexibility index (Phi) is 3.64. The summed E-state index contributed by atoms with van der Waals surface area (Å²) >= 11 is 0. The van der Waals surface area contributed by atoms with Crippen LogP contribution < -0.4 is 5.32 Å². The summed E-state index contributed by atoms with van der Waals surface area (Å²) in [5, 5.41) is 21.4. The molecule has 3 N–H and O–H groups in total. The highest BCUT2D eigenvalue weighted by Crippen LogP contribution is 2.26. The average molecular weight is 235 g/mol. The lowest BCUT2D eigenvalue weighted by Gasteiger charge is -2.31. The number of carbonyl (C=O) groups is 1. The second-order valence-electron chi connectivity index (χ2n) is 4.60. The van der Waals surface area contributed by atoms with Gasteiger partial charge in [-0.25, -0.2) is 0 Å². The van der Waals surface area contributed by atoms with Crippen molar-refractivity contribution in [3.63, 3.8) is 0 Å². The number of benzene rings is 1. The molecule has 2 rings (SSSR count). The fraction of sp³-hybridized carbons (Fsp3) is 0.462. The standard InChI is InChI=1S/C13H17NO3/c15-11-5-9(6-11)8-14-13(17)7-10-3-1-2-4-12(10)16/h1-4,9,11,15-16H,5-8H2,(H,14,17). The summed E-state index contributed by atoms with van der Waals surface area (Å²) in [6.07, 6.45) is 1.56. The number of hydrogen-bond donors (Lipinski definition) is 3.